The molecule has 0 N–H and O–H groups in total. The van der Waals surface area contributed by atoms with Crippen molar-refractivity contribution in [3.8, 4) is 5.75 Å². The Bertz CT molecular complexity index is 389. The SMILES string of the molecule is CCOC([O-])=C1C=CC=C1.COc1ccc[cH-]1.[Fe+2]. The Kier molecular flexibility index (Phi) is 8.71. The Hall–Kier alpha value is -1.51. The molecule has 1 aliphatic rings. The maximum atomic E-state index is 10.9. The van der Waals surface area contributed by atoms with Crippen molar-refractivity contribution < 1.29 is 31.6 Å². The molecule has 1 aromatic rings. The molecule has 0 heterocycles. The van der Waals surface area contributed by atoms with Gasteiger partial charge in [0.05, 0.1) is 13.1 Å². The Balaban J connectivity index is 0.000000321. The fourth-order valence-electron chi connectivity index (χ4n) is 1.22. The molecule has 0 unspecified atom stereocenters. The first kappa shape index (κ1) is 16.5. The second-order valence-corrected chi connectivity index (χ2v) is 3.22. The molecule has 4 heteroatoms. The zero-order valence-corrected chi connectivity index (χ0v) is 11.5. The predicted octanol–water partition coefficient (Wildman–Crippen LogP) is 2.13. The molecule has 98 valence electrons. The molecule has 2 rings (SSSR count). The first-order valence-electron chi connectivity index (χ1n) is 5.42. The van der Waals surface area contributed by atoms with Crippen molar-refractivity contribution in [2.75, 3.05) is 13.7 Å². The monoisotopic (exact) mass is 288 g/mol. The van der Waals surface area contributed by atoms with Crippen LogP contribution < -0.4 is 9.84 Å². The van der Waals surface area contributed by atoms with Crippen LogP contribution >= 0.6 is 0 Å². The van der Waals surface area contributed by atoms with Gasteiger partial charge in [-0.1, -0.05) is 31.2 Å². The smallest absolute Gasteiger partial charge is 0.613 e. The van der Waals surface area contributed by atoms with Gasteiger partial charge in [0.2, 0.25) is 0 Å². The van der Waals surface area contributed by atoms with Gasteiger partial charge in [-0.15, -0.1) is 6.07 Å². The van der Waals surface area contributed by atoms with E-state index >= 15 is 0 Å². The van der Waals surface area contributed by atoms with Crippen LogP contribution in [0, 0.1) is 0 Å². The van der Waals surface area contributed by atoms with Gasteiger partial charge in [0, 0.05) is 5.75 Å². The molecule has 0 amide bonds. The third-order valence-corrected chi connectivity index (χ3v) is 2.04. The Morgan fingerprint density at radius 3 is 2.39 bits per heavy atom. The van der Waals surface area contributed by atoms with Gasteiger partial charge in [0.15, 0.2) is 0 Å². The van der Waals surface area contributed by atoms with Gasteiger partial charge in [-0.05, 0) is 12.2 Å². The topological polar surface area (TPSA) is 41.5 Å². The van der Waals surface area contributed by atoms with E-state index in [-0.39, 0.29) is 23.0 Å². The minimum absolute atomic E-state index is 0. The number of ether oxygens (including phenoxy) is 2. The number of rotatable bonds is 3. The van der Waals surface area contributed by atoms with Crippen LogP contribution in [0.5, 0.6) is 5.75 Å². The number of methoxy groups -OCH3 is 1. The van der Waals surface area contributed by atoms with Gasteiger partial charge >= 0.3 is 17.1 Å². The van der Waals surface area contributed by atoms with Crippen LogP contribution in [0.1, 0.15) is 6.92 Å². The summed E-state index contributed by atoms with van der Waals surface area (Å²) in [4.78, 5) is 0. The number of hydrogen-bond acceptors (Lipinski definition) is 3. The Morgan fingerprint density at radius 2 is 2.00 bits per heavy atom. The van der Waals surface area contributed by atoms with Crippen molar-refractivity contribution in [1.82, 2.24) is 0 Å². The van der Waals surface area contributed by atoms with Crippen LogP contribution in [0.15, 0.2) is 60.1 Å². The molecule has 1 aliphatic carbocycles. The Labute approximate surface area is 118 Å². The molecular weight excluding hydrogens is 272 g/mol. The zero-order chi connectivity index (χ0) is 12.5. The standard InChI is InChI=1S/C8H10O2.C6H7O.Fe/c1-2-10-8(9)7-5-3-4-6-7;1-7-6-4-2-3-5-6;/h3-6,9H,2H2,1H3;2-5H,1H3;/q;-1;+2/p-1. The maximum absolute atomic E-state index is 10.9. The van der Waals surface area contributed by atoms with Gasteiger partial charge in [0.25, 0.3) is 0 Å². The van der Waals surface area contributed by atoms with Crippen molar-refractivity contribution in [3.05, 3.63) is 60.1 Å². The fraction of sp³-hybridized carbons (Fsp3) is 0.214. The molecule has 0 aliphatic heterocycles. The van der Waals surface area contributed by atoms with Crippen LogP contribution in [-0.2, 0) is 21.8 Å². The van der Waals surface area contributed by atoms with Crippen molar-refractivity contribution in [3.63, 3.8) is 0 Å². The number of hydrogen-bond donors (Lipinski definition) is 0. The molecule has 18 heavy (non-hydrogen) atoms. The quantitative estimate of drug-likeness (QED) is 0.486. The summed E-state index contributed by atoms with van der Waals surface area (Å²) in [5, 5.41) is 10.9. The molecule has 1 aromatic carbocycles. The van der Waals surface area contributed by atoms with Gasteiger partial charge < -0.3 is 14.6 Å². The first-order chi connectivity index (χ1) is 8.27. The maximum Gasteiger partial charge on any atom is 2.00 e. The minimum Gasteiger partial charge on any atom is -0.613 e. The van der Waals surface area contributed by atoms with Crippen LogP contribution in [0.3, 0.4) is 0 Å². The third kappa shape index (κ3) is 5.71. The second-order valence-electron chi connectivity index (χ2n) is 3.22. The van der Waals surface area contributed by atoms with Gasteiger partial charge in [-0.2, -0.15) is 12.1 Å². The van der Waals surface area contributed by atoms with E-state index in [4.69, 9.17) is 9.47 Å². The van der Waals surface area contributed by atoms with Crippen molar-refractivity contribution in [2.24, 2.45) is 0 Å². The van der Waals surface area contributed by atoms with E-state index < -0.39 is 0 Å². The van der Waals surface area contributed by atoms with E-state index in [9.17, 15) is 5.11 Å². The fourth-order valence-corrected chi connectivity index (χ4v) is 1.22. The summed E-state index contributed by atoms with van der Waals surface area (Å²) in [6, 6.07) is 7.72. The van der Waals surface area contributed by atoms with E-state index in [1.165, 1.54) is 0 Å². The summed E-state index contributed by atoms with van der Waals surface area (Å²) in [6.07, 6.45) is 7.09. The molecule has 0 saturated carbocycles. The molecule has 0 saturated heterocycles. The molecule has 0 radical (unpaired) electrons. The second kappa shape index (κ2) is 9.51. The summed E-state index contributed by atoms with van der Waals surface area (Å²) in [7, 11) is 1.66. The molecule has 3 nitrogen and oxygen atoms in total. The summed E-state index contributed by atoms with van der Waals surface area (Å²) in [5.74, 6) is 0.688. The van der Waals surface area contributed by atoms with Gasteiger partial charge in [-0.3, -0.25) is 0 Å². The zero-order valence-electron chi connectivity index (χ0n) is 10.4. The minimum atomic E-state index is -0.243. The summed E-state index contributed by atoms with van der Waals surface area (Å²) in [6.45, 7) is 2.23. The molecular formula is C14H16FeO3. The van der Waals surface area contributed by atoms with E-state index in [0.29, 0.717) is 12.2 Å². The van der Waals surface area contributed by atoms with Gasteiger partial charge in [-0.25, -0.2) is 6.07 Å². The number of allylic oxidation sites excluding steroid dienone is 5. The summed E-state index contributed by atoms with van der Waals surface area (Å²) < 4.78 is 9.60. The van der Waals surface area contributed by atoms with E-state index in [1.54, 1.807) is 26.2 Å². The summed E-state index contributed by atoms with van der Waals surface area (Å²) in [5.41, 5.74) is 0.627. The van der Waals surface area contributed by atoms with Crippen LogP contribution in [-0.4, -0.2) is 13.7 Å². The third-order valence-electron chi connectivity index (χ3n) is 2.04. The predicted molar refractivity (Wildman–Crippen MR) is 65.5 cm³/mol. The van der Waals surface area contributed by atoms with E-state index in [2.05, 4.69) is 0 Å². The molecule has 0 aromatic heterocycles. The van der Waals surface area contributed by atoms with Crippen molar-refractivity contribution >= 4 is 0 Å². The molecule has 0 spiro atoms. The van der Waals surface area contributed by atoms with Crippen LogP contribution in [0.4, 0.5) is 0 Å². The molecule has 0 atom stereocenters. The van der Waals surface area contributed by atoms with Crippen molar-refractivity contribution in [2.45, 2.75) is 6.92 Å². The van der Waals surface area contributed by atoms with Crippen LogP contribution in [0.2, 0.25) is 0 Å². The van der Waals surface area contributed by atoms with Gasteiger partial charge in [0.1, 0.15) is 0 Å². The van der Waals surface area contributed by atoms with Crippen LogP contribution in [0.25, 0.3) is 0 Å². The summed E-state index contributed by atoms with van der Waals surface area (Å²) >= 11 is 0. The Morgan fingerprint density at radius 1 is 1.33 bits per heavy atom. The van der Waals surface area contributed by atoms with Crippen molar-refractivity contribution in [1.29, 1.82) is 0 Å². The van der Waals surface area contributed by atoms with E-state index in [0.717, 1.165) is 5.75 Å². The largest absolute Gasteiger partial charge is 2.00 e. The normalized spacial score (nSPS) is 11.3. The average molecular weight is 288 g/mol. The molecule has 0 bridgehead atoms. The molecule has 0 fully saturated rings. The average Bonchev–Trinajstić information content (AvgIpc) is 3.03. The first-order valence-corrected chi connectivity index (χ1v) is 5.42. The van der Waals surface area contributed by atoms with E-state index in [1.807, 2.05) is 36.4 Å².